The number of esters is 3. The van der Waals surface area contributed by atoms with E-state index in [1.165, 1.54) is 231 Å². The monoisotopic (exact) mass is 919 g/mol. The highest BCUT2D eigenvalue weighted by Crippen LogP contribution is 2.18. The van der Waals surface area contributed by atoms with Crippen molar-refractivity contribution in [3.8, 4) is 0 Å². The van der Waals surface area contributed by atoms with Crippen LogP contribution >= 0.6 is 0 Å². The van der Waals surface area contributed by atoms with Gasteiger partial charge in [-0.3, -0.25) is 14.4 Å². The molecule has 0 rings (SSSR count). The summed E-state index contributed by atoms with van der Waals surface area (Å²) < 4.78 is 16.9. The van der Waals surface area contributed by atoms with Crippen molar-refractivity contribution in [1.29, 1.82) is 0 Å². The van der Waals surface area contributed by atoms with E-state index in [2.05, 4.69) is 27.7 Å². The van der Waals surface area contributed by atoms with E-state index in [0.29, 0.717) is 19.3 Å². The van der Waals surface area contributed by atoms with Gasteiger partial charge < -0.3 is 14.2 Å². The lowest BCUT2D eigenvalue weighted by molar-refractivity contribution is -0.167. The zero-order chi connectivity index (χ0) is 47.4. The Hall–Kier alpha value is -1.59. The molecule has 65 heavy (non-hydrogen) atoms. The zero-order valence-electron chi connectivity index (χ0n) is 44.5. The van der Waals surface area contributed by atoms with Crippen LogP contribution in [-0.2, 0) is 28.6 Å². The molecule has 0 N–H and O–H groups in total. The van der Waals surface area contributed by atoms with Crippen LogP contribution in [0.3, 0.4) is 0 Å². The SMILES string of the molecule is CCCCCCCCCCCCCCCCCCC(=O)OC[C@@H](COC(=O)CCCCCCCCCCCCCCC(C)C)OC(=O)CCCCCCCCCCCCCCCCCC. The summed E-state index contributed by atoms with van der Waals surface area (Å²) >= 11 is 0. The Morgan fingerprint density at radius 2 is 0.508 bits per heavy atom. The van der Waals surface area contributed by atoms with E-state index in [1.54, 1.807) is 0 Å². The average molecular weight is 920 g/mol. The smallest absolute Gasteiger partial charge is 0.306 e. The Bertz CT molecular complexity index is 980. The van der Waals surface area contributed by atoms with E-state index in [4.69, 9.17) is 14.2 Å². The van der Waals surface area contributed by atoms with Crippen molar-refractivity contribution in [2.45, 2.75) is 342 Å². The minimum atomic E-state index is -0.762. The Morgan fingerprint density at radius 3 is 0.754 bits per heavy atom. The highest BCUT2D eigenvalue weighted by atomic mass is 16.6. The van der Waals surface area contributed by atoms with Crippen LogP contribution in [0, 0.1) is 5.92 Å². The molecule has 0 aromatic carbocycles. The first-order chi connectivity index (χ1) is 31.9. The quantitative estimate of drug-likeness (QED) is 0.0344. The Morgan fingerprint density at radius 1 is 0.292 bits per heavy atom. The molecule has 0 spiro atoms. The minimum Gasteiger partial charge on any atom is -0.462 e. The Labute approximate surface area is 406 Å². The molecule has 0 fully saturated rings. The van der Waals surface area contributed by atoms with Crippen molar-refractivity contribution >= 4 is 17.9 Å². The van der Waals surface area contributed by atoms with E-state index < -0.39 is 6.10 Å². The first-order valence-electron chi connectivity index (χ1n) is 29.4. The Balaban J connectivity index is 4.30. The highest BCUT2D eigenvalue weighted by molar-refractivity contribution is 5.71. The summed E-state index contributed by atoms with van der Waals surface area (Å²) in [6.45, 7) is 9.06. The number of hydrogen-bond donors (Lipinski definition) is 0. The van der Waals surface area contributed by atoms with Gasteiger partial charge in [0.15, 0.2) is 6.10 Å². The van der Waals surface area contributed by atoms with Gasteiger partial charge in [0.25, 0.3) is 0 Å². The normalized spacial score (nSPS) is 12.0. The third-order valence-corrected chi connectivity index (χ3v) is 13.5. The average Bonchev–Trinajstić information content (AvgIpc) is 3.29. The maximum Gasteiger partial charge on any atom is 0.306 e. The summed E-state index contributed by atoms with van der Waals surface area (Å²) in [5.74, 6) is 0.000124. The summed E-state index contributed by atoms with van der Waals surface area (Å²) in [4.78, 5) is 38.2. The minimum absolute atomic E-state index is 0.0617. The van der Waals surface area contributed by atoms with Crippen molar-refractivity contribution < 1.29 is 28.6 Å². The van der Waals surface area contributed by atoms with Gasteiger partial charge in [0.1, 0.15) is 13.2 Å². The fourth-order valence-electron chi connectivity index (χ4n) is 9.10. The molecule has 0 amide bonds. The lowest BCUT2D eigenvalue weighted by Gasteiger charge is -2.18. The second-order valence-corrected chi connectivity index (χ2v) is 20.8. The van der Waals surface area contributed by atoms with Crippen LogP contribution in [0.1, 0.15) is 336 Å². The van der Waals surface area contributed by atoms with Gasteiger partial charge in [0.2, 0.25) is 0 Å². The van der Waals surface area contributed by atoms with E-state index >= 15 is 0 Å². The molecule has 6 heteroatoms. The first-order valence-corrected chi connectivity index (χ1v) is 29.4. The number of carbonyl (C=O) groups is 3. The molecule has 0 aromatic rings. The molecule has 0 bridgehead atoms. The molecule has 0 aromatic heterocycles. The van der Waals surface area contributed by atoms with Gasteiger partial charge in [-0.2, -0.15) is 0 Å². The summed E-state index contributed by atoms with van der Waals surface area (Å²) in [7, 11) is 0. The van der Waals surface area contributed by atoms with Gasteiger partial charge in [0, 0.05) is 19.3 Å². The summed E-state index contributed by atoms with van der Waals surface area (Å²) in [5, 5.41) is 0. The van der Waals surface area contributed by atoms with Crippen LogP contribution in [-0.4, -0.2) is 37.2 Å². The van der Waals surface area contributed by atoms with E-state index in [-0.39, 0.29) is 31.1 Å². The van der Waals surface area contributed by atoms with Crippen LogP contribution in [0.5, 0.6) is 0 Å². The predicted molar refractivity (Wildman–Crippen MR) is 280 cm³/mol. The second-order valence-electron chi connectivity index (χ2n) is 20.8. The van der Waals surface area contributed by atoms with Gasteiger partial charge in [-0.05, 0) is 25.2 Å². The molecule has 6 nitrogen and oxygen atoms in total. The standard InChI is InChI=1S/C59H114O6/c1-5-7-9-11-13-15-17-19-21-23-25-30-34-38-42-46-50-57(60)63-53-56(54-64-58(61)51-47-43-39-35-31-28-27-29-33-37-41-45-49-55(3)4)65-59(62)52-48-44-40-36-32-26-24-22-20-18-16-14-12-10-8-6-2/h55-56H,5-54H2,1-4H3/t56-/m0/s1. The molecule has 0 heterocycles. The topological polar surface area (TPSA) is 78.9 Å². The molecule has 386 valence electrons. The van der Waals surface area contributed by atoms with Crippen molar-refractivity contribution in [1.82, 2.24) is 0 Å². The van der Waals surface area contributed by atoms with Crippen LogP contribution in [0.15, 0.2) is 0 Å². The van der Waals surface area contributed by atoms with E-state index in [9.17, 15) is 14.4 Å². The maximum absolute atomic E-state index is 12.9. The third-order valence-electron chi connectivity index (χ3n) is 13.5. The van der Waals surface area contributed by atoms with Crippen molar-refractivity contribution in [2.24, 2.45) is 5.92 Å². The van der Waals surface area contributed by atoms with Crippen LogP contribution in [0.25, 0.3) is 0 Å². The zero-order valence-corrected chi connectivity index (χ0v) is 44.5. The molecule has 0 unspecified atom stereocenters. The highest BCUT2D eigenvalue weighted by Gasteiger charge is 2.19. The van der Waals surface area contributed by atoms with Crippen molar-refractivity contribution in [3.05, 3.63) is 0 Å². The van der Waals surface area contributed by atoms with Crippen LogP contribution in [0.2, 0.25) is 0 Å². The molecule has 0 radical (unpaired) electrons. The van der Waals surface area contributed by atoms with Gasteiger partial charge in [-0.15, -0.1) is 0 Å². The van der Waals surface area contributed by atoms with E-state index in [0.717, 1.165) is 63.7 Å². The molecule has 0 saturated heterocycles. The van der Waals surface area contributed by atoms with Gasteiger partial charge in [0.05, 0.1) is 0 Å². The van der Waals surface area contributed by atoms with Crippen LogP contribution < -0.4 is 0 Å². The molecule has 0 aliphatic carbocycles. The fourth-order valence-corrected chi connectivity index (χ4v) is 9.10. The van der Waals surface area contributed by atoms with Crippen LogP contribution in [0.4, 0.5) is 0 Å². The first kappa shape index (κ1) is 63.4. The van der Waals surface area contributed by atoms with Crippen molar-refractivity contribution in [2.75, 3.05) is 13.2 Å². The van der Waals surface area contributed by atoms with Crippen molar-refractivity contribution in [3.63, 3.8) is 0 Å². The van der Waals surface area contributed by atoms with Gasteiger partial charge in [-0.1, -0.05) is 297 Å². The molecular weight excluding hydrogens is 805 g/mol. The van der Waals surface area contributed by atoms with Gasteiger partial charge >= 0.3 is 17.9 Å². The summed E-state index contributed by atoms with van der Waals surface area (Å²) in [6.07, 6.45) is 58.0. The number of ether oxygens (including phenoxy) is 3. The predicted octanol–water partition coefficient (Wildman–Crippen LogP) is 19.4. The maximum atomic E-state index is 12.9. The largest absolute Gasteiger partial charge is 0.462 e. The van der Waals surface area contributed by atoms with Gasteiger partial charge in [-0.25, -0.2) is 0 Å². The fraction of sp³-hybridized carbons (Fsp3) is 0.949. The lowest BCUT2D eigenvalue weighted by atomic mass is 10.0. The molecule has 0 aliphatic rings. The lowest BCUT2D eigenvalue weighted by Crippen LogP contribution is -2.30. The molecule has 1 atom stereocenters. The summed E-state index contributed by atoms with van der Waals surface area (Å²) in [5.41, 5.74) is 0. The number of carbonyl (C=O) groups excluding carboxylic acids is 3. The van der Waals surface area contributed by atoms with E-state index in [1.807, 2.05) is 0 Å². The number of unbranched alkanes of at least 4 members (excludes halogenated alkanes) is 41. The second kappa shape index (κ2) is 53.4. The number of rotatable bonds is 54. The third kappa shape index (κ3) is 53.2. The molecular formula is C59H114O6. The number of hydrogen-bond acceptors (Lipinski definition) is 6. The molecule has 0 aliphatic heterocycles. The molecule has 0 saturated carbocycles. The summed E-state index contributed by atoms with van der Waals surface area (Å²) in [6, 6.07) is 0. The Kier molecular flexibility index (Phi) is 52.1.